The molecule has 2 atom stereocenters. The molecule has 0 spiro atoms. The van der Waals surface area contributed by atoms with Crippen LogP contribution in [0.5, 0.6) is 0 Å². The number of carbonyl (C=O) groups is 3. The third-order valence-electron chi connectivity index (χ3n) is 2.66. The first-order valence-corrected chi connectivity index (χ1v) is 9.71. The quantitative estimate of drug-likeness (QED) is 0.106. The molecule has 0 radical (unpaired) electrons. The first-order valence-electron chi connectivity index (χ1n) is 9.71. The fraction of sp³-hybridized carbons (Fsp3) is 0.667. The Morgan fingerprint density at radius 3 is 1.25 bits per heavy atom. The number of hydrogen-bond acceptors (Lipinski definition) is 11. The van der Waals surface area contributed by atoms with Gasteiger partial charge in [0.2, 0.25) is 0 Å². The van der Waals surface area contributed by atoms with E-state index < -0.39 is 55.1 Å². The van der Waals surface area contributed by atoms with Gasteiger partial charge in [0.25, 0.3) is 12.6 Å². The molecule has 0 aliphatic carbocycles. The van der Waals surface area contributed by atoms with E-state index in [-0.39, 0.29) is 11.1 Å². The highest BCUT2D eigenvalue weighted by molar-refractivity contribution is 5.87. The van der Waals surface area contributed by atoms with Gasteiger partial charge in [-0.1, -0.05) is 13.2 Å². The van der Waals surface area contributed by atoms with Crippen LogP contribution in [0.1, 0.15) is 55.4 Å². The van der Waals surface area contributed by atoms with Crippen molar-refractivity contribution >= 4 is 18.1 Å². The molecule has 0 heterocycles. The second-order valence-electron chi connectivity index (χ2n) is 8.69. The summed E-state index contributed by atoms with van der Waals surface area (Å²) in [5.74, 6) is -1.45. The molecule has 0 fully saturated rings. The smallest absolute Gasteiger partial charge is 0.456 e. The van der Waals surface area contributed by atoms with Crippen LogP contribution in [0.4, 0.5) is 4.79 Å². The predicted molar refractivity (Wildman–Crippen MR) is 111 cm³/mol. The van der Waals surface area contributed by atoms with Crippen molar-refractivity contribution in [1.29, 1.82) is 0 Å². The molecule has 0 aromatic rings. The average Bonchev–Trinajstić information content (AvgIpc) is 2.63. The minimum Gasteiger partial charge on any atom is -0.456 e. The molecular weight excluding hydrogens is 428 g/mol. The Kier molecular flexibility index (Phi) is 12.1. The Morgan fingerprint density at radius 1 is 0.688 bits per heavy atom. The first kappa shape index (κ1) is 29.5. The van der Waals surface area contributed by atoms with Gasteiger partial charge in [0.1, 0.15) is 0 Å². The predicted octanol–water partition coefficient (Wildman–Crippen LogP) is 3.52. The summed E-state index contributed by atoms with van der Waals surface area (Å²) in [4.78, 5) is 55.7. The summed E-state index contributed by atoms with van der Waals surface area (Å²) in [6.07, 6.45) is -4.26. The lowest BCUT2D eigenvalue weighted by molar-refractivity contribution is -0.424. The third-order valence-corrected chi connectivity index (χ3v) is 2.66. The second kappa shape index (κ2) is 13.2. The Labute approximate surface area is 188 Å². The topological polar surface area (TPSA) is 125 Å². The van der Waals surface area contributed by atoms with Crippen molar-refractivity contribution in [3.05, 3.63) is 24.3 Å². The van der Waals surface area contributed by atoms with Crippen molar-refractivity contribution in [2.24, 2.45) is 0 Å². The minimum atomic E-state index is -1.48. The normalized spacial score (nSPS) is 13.5. The SMILES string of the molecule is C=C(C)C(=O)OCC(OOC(C)(C)C)OC(=O)OC(COC(=O)C(=C)C)OOC(C)(C)C. The van der Waals surface area contributed by atoms with Crippen LogP contribution in [0, 0.1) is 0 Å². The van der Waals surface area contributed by atoms with Crippen LogP contribution >= 0.6 is 0 Å². The van der Waals surface area contributed by atoms with Gasteiger partial charge in [-0.15, -0.1) is 0 Å². The van der Waals surface area contributed by atoms with Gasteiger partial charge in [-0.2, -0.15) is 9.78 Å². The van der Waals surface area contributed by atoms with Crippen molar-refractivity contribution in [1.82, 2.24) is 0 Å². The minimum absolute atomic E-state index is 0.134. The molecule has 0 saturated heterocycles. The number of ether oxygens (including phenoxy) is 4. The van der Waals surface area contributed by atoms with Crippen molar-refractivity contribution in [2.75, 3.05) is 13.2 Å². The summed E-state index contributed by atoms with van der Waals surface area (Å²) < 4.78 is 19.8. The zero-order valence-electron chi connectivity index (χ0n) is 20.0. The molecule has 0 N–H and O–H groups in total. The maximum absolute atomic E-state index is 12.2. The van der Waals surface area contributed by atoms with Gasteiger partial charge in [-0.05, 0) is 55.4 Å². The van der Waals surface area contributed by atoms with E-state index in [0.29, 0.717) is 0 Å². The molecule has 0 bridgehead atoms. The summed E-state index contributed by atoms with van der Waals surface area (Å²) >= 11 is 0. The number of rotatable bonds is 12. The van der Waals surface area contributed by atoms with Crippen LogP contribution in [0.3, 0.4) is 0 Å². The van der Waals surface area contributed by atoms with E-state index >= 15 is 0 Å². The van der Waals surface area contributed by atoms with Gasteiger partial charge in [0.05, 0.1) is 11.2 Å². The lowest BCUT2D eigenvalue weighted by Gasteiger charge is -2.25. The van der Waals surface area contributed by atoms with Crippen LogP contribution < -0.4 is 0 Å². The van der Waals surface area contributed by atoms with Gasteiger partial charge in [-0.25, -0.2) is 24.2 Å². The summed E-state index contributed by atoms with van der Waals surface area (Å²) in [7, 11) is 0. The molecular formula is C21H34O11. The van der Waals surface area contributed by atoms with E-state index in [9.17, 15) is 14.4 Å². The van der Waals surface area contributed by atoms with Crippen molar-refractivity contribution in [3.63, 3.8) is 0 Å². The van der Waals surface area contributed by atoms with Crippen LogP contribution in [0.15, 0.2) is 24.3 Å². The second-order valence-corrected chi connectivity index (χ2v) is 8.69. The highest BCUT2D eigenvalue weighted by Crippen LogP contribution is 2.14. The molecule has 184 valence electrons. The molecule has 11 heteroatoms. The Balaban J connectivity index is 5.11. The number of hydrogen-bond donors (Lipinski definition) is 0. The van der Waals surface area contributed by atoms with E-state index in [1.165, 1.54) is 13.8 Å². The zero-order chi connectivity index (χ0) is 25.1. The molecule has 0 aliphatic heterocycles. The molecule has 32 heavy (non-hydrogen) atoms. The molecule has 2 unspecified atom stereocenters. The monoisotopic (exact) mass is 462 g/mol. The standard InChI is InChI=1S/C21H34O11/c1-13(2)17(22)25-11-15(29-31-20(5,6)7)27-19(24)28-16(30-32-21(8,9)10)12-26-18(23)14(3)4/h15-16H,1,3,11-12H2,2,4-10H3. The highest BCUT2D eigenvalue weighted by Gasteiger charge is 2.27. The van der Waals surface area contributed by atoms with E-state index in [1.807, 2.05) is 0 Å². The maximum atomic E-state index is 12.2. The largest absolute Gasteiger partial charge is 0.513 e. The first-order chi connectivity index (χ1) is 14.5. The fourth-order valence-corrected chi connectivity index (χ4v) is 1.34. The summed E-state index contributed by atoms with van der Waals surface area (Å²) in [6, 6.07) is 0. The summed E-state index contributed by atoms with van der Waals surface area (Å²) in [6.45, 7) is 18.9. The van der Waals surface area contributed by atoms with Gasteiger partial charge in [0.15, 0.2) is 13.2 Å². The maximum Gasteiger partial charge on any atom is 0.513 e. The van der Waals surface area contributed by atoms with Crippen LogP contribution in [0.2, 0.25) is 0 Å². The molecule has 0 saturated carbocycles. The average molecular weight is 462 g/mol. The Hall–Kier alpha value is -2.47. The van der Waals surface area contributed by atoms with Crippen molar-refractivity contribution in [2.45, 2.75) is 79.2 Å². The van der Waals surface area contributed by atoms with Gasteiger partial charge in [0, 0.05) is 11.1 Å². The lowest BCUT2D eigenvalue weighted by Crippen LogP contribution is -2.35. The fourth-order valence-electron chi connectivity index (χ4n) is 1.34. The van der Waals surface area contributed by atoms with Gasteiger partial charge >= 0.3 is 18.1 Å². The van der Waals surface area contributed by atoms with E-state index in [0.717, 1.165) is 0 Å². The van der Waals surface area contributed by atoms with E-state index in [4.69, 9.17) is 38.5 Å². The van der Waals surface area contributed by atoms with Gasteiger partial charge in [-0.3, -0.25) is 0 Å². The van der Waals surface area contributed by atoms with Crippen molar-refractivity contribution in [3.8, 4) is 0 Å². The summed E-state index contributed by atoms with van der Waals surface area (Å²) in [5, 5.41) is 0. The Morgan fingerprint density at radius 2 is 1.00 bits per heavy atom. The Bertz CT molecular complexity index is 614. The van der Waals surface area contributed by atoms with Gasteiger partial charge < -0.3 is 18.9 Å². The molecule has 11 nitrogen and oxygen atoms in total. The summed E-state index contributed by atoms with van der Waals surface area (Å²) in [5.41, 5.74) is -1.25. The van der Waals surface area contributed by atoms with Crippen LogP contribution in [-0.2, 0) is 48.1 Å². The zero-order valence-corrected chi connectivity index (χ0v) is 20.0. The number of esters is 2. The van der Waals surface area contributed by atoms with Crippen molar-refractivity contribution < 1.29 is 52.9 Å². The van der Waals surface area contributed by atoms with Crippen LogP contribution in [-0.4, -0.2) is 55.1 Å². The molecule has 0 aliphatic rings. The molecule has 0 aromatic heterocycles. The molecule has 0 aromatic carbocycles. The van der Waals surface area contributed by atoms with Crippen LogP contribution in [0.25, 0.3) is 0 Å². The highest BCUT2D eigenvalue weighted by atomic mass is 17.2. The molecule has 0 amide bonds. The lowest BCUT2D eigenvalue weighted by atomic mass is 10.2. The third kappa shape index (κ3) is 15.3. The van der Waals surface area contributed by atoms with E-state index in [1.54, 1.807) is 41.5 Å². The number of carbonyl (C=O) groups excluding carboxylic acids is 3. The molecule has 0 rings (SSSR count). The van der Waals surface area contributed by atoms with E-state index in [2.05, 4.69) is 13.2 Å².